The molecular formula is C25H27N5O5. The Balaban J connectivity index is 1.16. The lowest BCUT2D eigenvalue weighted by molar-refractivity contribution is -0.136. The van der Waals surface area contributed by atoms with E-state index in [4.69, 9.17) is 4.74 Å². The molecule has 5 rings (SSSR count). The maximum Gasteiger partial charge on any atom is 0.412 e. The molecule has 4 heterocycles. The highest BCUT2D eigenvalue weighted by molar-refractivity contribution is 6.05. The molecule has 10 nitrogen and oxygen atoms in total. The number of amides is 4. The normalized spacial score (nSPS) is 21.7. The summed E-state index contributed by atoms with van der Waals surface area (Å²) in [6, 6.07) is 8.76. The molecule has 2 aromatic rings. The number of ether oxygens (including phenoxy) is 1. The molecular weight excluding hydrogens is 450 g/mol. The number of anilines is 2. The highest BCUT2D eigenvalue weighted by atomic mass is 16.5. The molecule has 35 heavy (non-hydrogen) atoms. The van der Waals surface area contributed by atoms with Crippen LogP contribution in [0, 0.1) is 0 Å². The van der Waals surface area contributed by atoms with Gasteiger partial charge in [0.2, 0.25) is 11.8 Å². The minimum Gasteiger partial charge on any atom is -0.444 e. The number of hydrogen-bond donors (Lipinski definition) is 2. The van der Waals surface area contributed by atoms with E-state index in [9.17, 15) is 19.2 Å². The largest absolute Gasteiger partial charge is 0.444 e. The van der Waals surface area contributed by atoms with E-state index in [0.717, 1.165) is 30.8 Å². The van der Waals surface area contributed by atoms with E-state index in [1.165, 1.54) is 4.90 Å². The fourth-order valence-electron chi connectivity index (χ4n) is 4.90. The first-order chi connectivity index (χ1) is 16.9. The Bertz CT molecular complexity index is 1180. The predicted molar refractivity (Wildman–Crippen MR) is 127 cm³/mol. The Morgan fingerprint density at radius 1 is 1.17 bits per heavy atom. The summed E-state index contributed by atoms with van der Waals surface area (Å²) in [5.74, 6) is -0.136. The second-order valence-electron chi connectivity index (χ2n) is 9.18. The molecule has 10 heteroatoms. The first-order valence-corrected chi connectivity index (χ1v) is 11.8. The van der Waals surface area contributed by atoms with Crippen LogP contribution in [0.5, 0.6) is 0 Å². The van der Waals surface area contributed by atoms with Gasteiger partial charge < -0.3 is 14.5 Å². The van der Waals surface area contributed by atoms with E-state index in [1.807, 2.05) is 6.07 Å². The molecule has 0 bridgehead atoms. The Labute approximate surface area is 202 Å². The van der Waals surface area contributed by atoms with Gasteiger partial charge in [-0.05, 0) is 55.5 Å². The van der Waals surface area contributed by atoms with Crippen LogP contribution in [0.1, 0.15) is 54.1 Å². The molecule has 0 saturated carbocycles. The second-order valence-corrected chi connectivity index (χ2v) is 9.18. The van der Waals surface area contributed by atoms with Gasteiger partial charge in [0.25, 0.3) is 5.91 Å². The molecule has 1 unspecified atom stereocenters. The number of nitrogens with zero attached hydrogens (tertiary/aromatic N) is 3. The van der Waals surface area contributed by atoms with Crippen molar-refractivity contribution in [1.82, 2.24) is 15.2 Å². The zero-order valence-corrected chi connectivity index (χ0v) is 19.5. The van der Waals surface area contributed by atoms with Crippen LogP contribution in [0.3, 0.4) is 0 Å². The Morgan fingerprint density at radius 2 is 2.03 bits per heavy atom. The van der Waals surface area contributed by atoms with Crippen LogP contribution in [0.2, 0.25) is 0 Å². The maximum atomic E-state index is 12.9. The number of carbonyl (C=O) groups is 4. The van der Waals surface area contributed by atoms with E-state index in [2.05, 4.69) is 27.4 Å². The average molecular weight is 478 g/mol. The Morgan fingerprint density at radius 3 is 2.74 bits per heavy atom. The van der Waals surface area contributed by atoms with Crippen molar-refractivity contribution < 1.29 is 23.9 Å². The number of aromatic nitrogens is 1. The van der Waals surface area contributed by atoms with Gasteiger partial charge in [0.05, 0.1) is 11.9 Å². The lowest BCUT2D eigenvalue weighted by atomic mass is 10.0. The lowest BCUT2D eigenvalue weighted by Crippen LogP contribution is -2.52. The van der Waals surface area contributed by atoms with Crippen LogP contribution < -0.4 is 15.5 Å². The first kappa shape index (κ1) is 22.8. The molecule has 1 aromatic heterocycles. The van der Waals surface area contributed by atoms with E-state index in [0.29, 0.717) is 35.8 Å². The molecule has 3 aliphatic heterocycles. The van der Waals surface area contributed by atoms with Crippen LogP contribution >= 0.6 is 0 Å². The van der Waals surface area contributed by atoms with E-state index < -0.39 is 18.0 Å². The maximum absolute atomic E-state index is 12.9. The fourth-order valence-corrected chi connectivity index (χ4v) is 4.90. The molecule has 3 aliphatic rings. The summed E-state index contributed by atoms with van der Waals surface area (Å²) >= 11 is 0. The van der Waals surface area contributed by atoms with Crippen molar-refractivity contribution in [1.29, 1.82) is 0 Å². The number of rotatable bonds is 5. The summed E-state index contributed by atoms with van der Waals surface area (Å²) in [4.78, 5) is 57.0. The Hall–Kier alpha value is -3.95. The number of benzene rings is 1. The number of carbonyl (C=O) groups excluding carboxylic acids is 4. The average Bonchev–Trinajstić information content (AvgIpc) is 3.41. The van der Waals surface area contributed by atoms with Gasteiger partial charge in [-0.15, -0.1) is 0 Å². The van der Waals surface area contributed by atoms with Crippen LogP contribution in [0.4, 0.5) is 16.3 Å². The number of imide groups is 1. The highest BCUT2D eigenvalue weighted by Crippen LogP contribution is 2.28. The summed E-state index contributed by atoms with van der Waals surface area (Å²) in [6.45, 7) is 3.46. The van der Waals surface area contributed by atoms with Crippen molar-refractivity contribution >= 4 is 35.3 Å². The predicted octanol–water partition coefficient (Wildman–Crippen LogP) is 2.58. The van der Waals surface area contributed by atoms with Crippen molar-refractivity contribution in [2.24, 2.45) is 0 Å². The highest BCUT2D eigenvalue weighted by Gasteiger charge is 2.39. The number of nitrogens with one attached hydrogen (secondary N) is 2. The topological polar surface area (TPSA) is 121 Å². The third-order valence-corrected chi connectivity index (χ3v) is 6.80. The fraction of sp³-hybridized carbons (Fsp3) is 0.400. The van der Waals surface area contributed by atoms with E-state index >= 15 is 0 Å². The van der Waals surface area contributed by atoms with Crippen molar-refractivity contribution in [3.63, 3.8) is 0 Å². The molecule has 0 aliphatic carbocycles. The minimum absolute atomic E-state index is 0.0123. The van der Waals surface area contributed by atoms with Crippen LogP contribution in [-0.4, -0.2) is 52.3 Å². The quantitative estimate of drug-likeness (QED) is 0.635. The molecule has 4 amide bonds. The van der Waals surface area contributed by atoms with E-state index in [1.54, 1.807) is 30.5 Å². The third kappa shape index (κ3) is 4.68. The van der Waals surface area contributed by atoms with Gasteiger partial charge in [0, 0.05) is 31.1 Å². The molecule has 0 spiro atoms. The number of fused-ring (bicyclic) bond motifs is 1. The van der Waals surface area contributed by atoms with Crippen molar-refractivity contribution in [2.75, 3.05) is 16.8 Å². The lowest BCUT2D eigenvalue weighted by Gasteiger charge is -2.29. The van der Waals surface area contributed by atoms with Gasteiger partial charge in [-0.25, -0.2) is 9.78 Å². The second kappa shape index (κ2) is 9.36. The molecule has 182 valence electrons. The zero-order valence-electron chi connectivity index (χ0n) is 19.5. The summed E-state index contributed by atoms with van der Waals surface area (Å²) in [5, 5.41) is 4.97. The van der Waals surface area contributed by atoms with Gasteiger partial charge >= 0.3 is 6.09 Å². The van der Waals surface area contributed by atoms with Crippen LogP contribution in [-0.2, 0) is 27.5 Å². The van der Waals surface area contributed by atoms with Crippen molar-refractivity contribution in [3.05, 3.63) is 53.2 Å². The van der Waals surface area contributed by atoms with Crippen molar-refractivity contribution in [2.45, 2.75) is 57.8 Å². The smallest absolute Gasteiger partial charge is 0.412 e. The summed E-state index contributed by atoms with van der Waals surface area (Å²) in [7, 11) is 0. The van der Waals surface area contributed by atoms with Gasteiger partial charge in [-0.1, -0.05) is 12.1 Å². The zero-order chi connectivity index (χ0) is 24.5. The van der Waals surface area contributed by atoms with Gasteiger partial charge in [0.1, 0.15) is 18.5 Å². The van der Waals surface area contributed by atoms with E-state index in [-0.39, 0.29) is 24.8 Å². The monoisotopic (exact) mass is 477 g/mol. The summed E-state index contributed by atoms with van der Waals surface area (Å²) < 4.78 is 5.33. The molecule has 2 fully saturated rings. The molecule has 1 aromatic carbocycles. The molecule has 0 radical (unpaired) electrons. The van der Waals surface area contributed by atoms with Gasteiger partial charge in [-0.2, -0.15) is 0 Å². The number of hydrogen-bond acceptors (Lipinski definition) is 7. The molecule has 2 saturated heterocycles. The minimum atomic E-state index is -0.660. The SMILES string of the molecule is C[C@@H]1CCCN1c1ccc(NC(=O)OCc2ccc3c(c2)C(=O)N(C2CCC(=O)NC2=O)C3)cn1. The number of piperidine rings is 1. The Kier molecular flexibility index (Phi) is 6.10. The first-order valence-electron chi connectivity index (χ1n) is 11.8. The van der Waals surface area contributed by atoms with Gasteiger partial charge in [0.15, 0.2) is 0 Å². The molecule has 2 N–H and O–H groups in total. The summed E-state index contributed by atoms with van der Waals surface area (Å²) in [5.41, 5.74) is 2.47. The third-order valence-electron chi connectivity index (χ3n) is 6.80. The number of pyridine rings is 1. The molecule has 2 atom stereocenters. The van der Waals surface area contributed by atoms with Crippen molar-refractivity contribution in [3.8, 4) is 0 Å². The van der Waals surface area contributed by atoms with Crippen LogP contribution in [0.15, 0.2) is 36.5 Å². The summed E-state index contributed by atoms with van der Waals surface area (Å²) in [6.07, 6.45) is 3.81. The van der Waals surface area contributed by atoms with Gasteiger partial charge in [-0.3, -0.25) is 25.0 Å². The van der Waals surface area contributed by atoms with Crippen LogP contribution in [0.25, 0.3) is 0 Å². The standard InChI is InChI=1S/C25H27N5O5/c1-15-3-2-10-29(15)21-8-6-18(12-26-21)27-25(34)35-14-16-4-5-17-13-30(24(33)19(17)11-16)20-7-9-22(31)28-23(20)32/h4-6,8,11-12,15,20H,2-3,7,9-10,13-14H2,1H3,(H,27,34)(H,28,31,32)/t15-,20?/m1/s1.